The zero-order chi connectivity index (χ0) is 25.8. The van der Waals surface area contributed by atoms with Crippen molar-refractivity contribution >= 4 is 10.9 Å². The number of allylic oxidation sites excluding steroid dienone is 4. The van der Waals surface area contributed by atoms with Crippen LogP contribution in [0.5, 0.6) is 5.75 Å². The molecule has 0 amide bonds. The van der Waals surface area contributed by atoms with E-state index in [9.17, 15) is 32.3 Å². The maximum Gasteiger partial charge on any atom is 0.431 e. The van der Waals surface area contributed by atoms with Crippen LogP contribution in [0.25, 0.3) is 16.6 Å². The summed E-state index contributed by atoms with van der Waals surface area (Å²) < 4.78 is 57.7. The Balaban J connectivity index is 2.28. The summed E-state index contributed by atoms with van der Waals surface area (Å²) in [7, 11) is 0. The summed E-state index contributed by atoms with van der Waals surface area (Å²) in [6.45, 7) is 7.19. The van der Waals surface area contributed by atoms with Gasteiger partial charge in [-0.3, -0.25) is 18.7 Å². The Morgan fingerprint density at radius 3 is 2.11 bits per heavy atom. The number of nitrogens with zero attached hydrogens (tertiary/aromatic N) is 4. The highest BCUT2D eigenvalue weighted by Gasteiger charge is 2.39. The first kappa shape index (κ1) is 24.4. The van der Waals surface area contributed by atoms with Gasteiger partial charge in [-0.2, -0.15) is 13.2 Å². The minimum Gasteiger partial charge on any atom is -0.507 e. The molecule has 11 heteroatoms. The molecule has 1 atom stereocenters. The van der Waals surface area contributed by atoms with E-state index in [2.05, 4.69) is 9.97 Å². The van der Waals surface area contributed by atoms with E-state index < -0.39 is 51.5 Å². The zero-order valence-corrected chi connectivity index (χ0v) is 19.3. The minimum absolute atomic E-state index is 0.147. The molecule has 0 bridgehead atoms. The average Bonchev–Trinajstić information content (AvgIpc) is 3.18. The summed E-state index contributed by atoms with van der Waals surface area (Å²) in [6.07, 6.45) is -0.487. The molecule has 3 aromatic rings. The van der Waals surface area contributed by atoms with E-state index >= 15 is 0 Å². The van der Waals surface area contributed by atoms with Crippen LogP contribution in [0.15, 0.2) is 52.1 Å². The van der Waals surface area contributed by atoms with Crippen molar-refractivity contribution in [1.29, 1.82) is 0 Å². The van der Waals surface area contributed by atoms with E-state index in [4.69, 9.17) is 0 Å². The van der Waals surface area contributed by atoms with Crippen molar-refractivity contribution in [3.63, 3.8) is 0 Å². The zero-order valence-electron chi connectivity index (χ0n) is 19.3. The quantitative estimate of drug-likeness (QED) is 0.527. The van der Waals surface area contributed by atoms with Crippen molar-refractivity contribution in [3.05, 3.63) is 80.3 Å². The molecule has 3 aromatic heterocycles. The molecule has 0 radical (unpaired) electrons. The number of rotatable bonds is 4. The molecule has 7 nitrogen and oxygen atoms in total. The first-order valence-corrected chi connectivity index (χ1v) is 10.8. The number of pyridine rings is 2. The lowest BCUT2D eigenvalue weighted by Gasteiger charge is -2.24. The summed E-state index contributed by atoms with van der Waals surface area (Å²) in [5.74, 6) is -2.28. The summed E-state index contributed by atoms with van der Waals surface area (Å²) >= 11 is 0. The lowest BCUT2D eigenvalue weighted by Crippen LogP contribution is -2.35. The first-order valence-electron chi connectivity index (χ1n) is 10.8. The maximum absolute atomic E-state index is 14.5. The normalized spacial score (nSPS) is 16.1. The van der Waals surface area contributed by atoms with Crippen molar-refractivity contribution in [2.24, 2.45) is 0 Å². The van der Waals surface area contributed by atoms with Crippen LogP contribution in [-0.4, -0.2) is 24.2 Å². The van der Waals surface area contributed by atoms with Gasteiger partial charge in [0.2, 0.25) is 0 Å². The number of fused-ring (bicyclic) bond motifs is 1. The number of halogens is 4. The predicted octanol–water partition coefficient (Wildman–Crippen LogP) is 4.88. The van der Waals surface area contributed by atoms with Crippen molar-refractivity contribution in [2.45, 2.75) is 51.7 Å². The summed E-state index contributed by atoms with van der Waals surface area (Å²) in [5.41, 5.74) is -3.24. The lowest BCUT2D eigenvalue weighted by atomic mass is 10.0. The van der Waals surface area contributed by atoms with E-state index in [1.165, 1.54) is 12.4 Å². The largest absolute Gasteiger partial charge is 0.507 e. The molecule has 4 rings (SSSR count). The van der Waals surface area contributed by atoms with E-state index in [1.54, 1.807) is 27.7 Å². The summed E-state index contributed by atoms with van der Waals surface area (Å²) in [4.78, 5) is 35.5. The van der Waals surface area contributed by atoms with Gasteiger partial charge in [-0.25, -0.2) is 14.4 Å². The Kier molecular flexibility index (Phi) is 5.90. The molecule has 1 aliphatic carbocycles. The van der Waals surface area contributed by atoms with Gasteiger partial charge in [0.15, 0.2) is 0 Å². The molecule has 3 heterocycles. The molecule has 1 N–H and O–H groups in total. The minimum atomic E-state index is -5.06. The molecule has 0 spiro atoms. The van der Waals surface area contributed by atoms with E-state index in [0.717, 1.165) is 22.8 Å². The van der Waals surface area contributed by atoms with Crippen LogP contribution in [0.3, 0.4) is 0 Å². The molecular weight excluding hydrogens is 468 g/mol. The molecular formula is C24H22F4N4O3. The Hall–Kier alpha value is -3.76. The number of aromatic hydroxyl groups is 1. The molecule has 0 fully saturated rings. The second kappa shape index (κ2) is 8.47. The van der Waals surface area contributed by atoms with Crippen molar-refractivity contribution in [2.75, 3.05) is 0 Å². The van der Waals surface area contributed by atoms with Gasteiger partial charge in [-0.1, -0.05) is 39.8 Å². The Bertz CT molecular complexity index is 1490. The monoisotopic (exact) mass is 490 g/mol. The highest BCUT2D eigenvalue weighted by atomic mass is 19.4. The highest BCUT2D eigenvalue weighted by molar-refractivity contribution is 5.86. The third-order valence-corrected chi connectivity index (χ3v) is 5.79. The van der Waals surface area contributed by atoms with E-state index in [1.807, 2.05) is 0 Å². The Morgan fingerprint density at radius 2 is 1.63 bits per heavy atom. The predicted molar refractivity (Wildman–Crippen MR) is 122 cm³/mol. The second-order valence-electron chi connectivity index (χ2n) is 8.85. The van der Waals surface area contributed by atoms with Crippen LogP contribution in [0.4, 0.5) is 17.6 Å². The standard InChI is InChI=1S/C24H22F4N4O3/c1-11(2)19-22(20(12(3)4)30-10-29-19)32-18(34)9-16(33)13-8-17(24(26,27)28)31(23(35)21(13)32)15-7-5-6-14(15)25/h5-12,15,33H,1-4H3/t15-/m0/s1. The topological polar surface area (TPSA) is 90.0 Å². The van der Waals surface area contributed by atoms with Gasteiger partial charge in [0.25, 0.3) is 11.1 Å². The van der Waals surface area contributed by atoms with Gasteiger partial charge in [-0.15, -0.1) is 0 Å². The second-order valence-corrected chi connectivity index (χ2v) is 8.85. The van der Waals surface area contributed by atoms with Crippen molar-refractivity contribution in [3.8, 4) is 11.4 Å². The van der Waals surface area contributed by atoms with Gasteiger partial charge < -0.3 is 5.11 Å². The third kappa shape index (κ3) is 3.94. The maximum atomic E-state index is 14.5. The third-order valence-electron chi connectivity index (χ3n) is 5.79. The summed E-state index contributed by atoms with van der Waals surface area (Å²) in [6, 6.07) is -0.366. The average molecular weight is 490 g/mol. The van der Waals surface area contributed by atoms with Crippen LogP contribution in [0.1, 0.15) is 62.7 Å². The molecule has 0 aromatic carbocycles. The molecule has 0 aliphatic heterocycles. The van der Waals surface area contributed by atoms with Gasteiger partial charge >= 0.3 is 6.18 Å². The van der Waals surface area contributed by atoms with Crippen LogP contribution >= 0.6 is 0 Å². The fraction of sp³-hybridized carbons (Fsp3) is 0.333. The van der Waals surface area contributed by atoms with Gasteiger partial charge in [0.05, 0.1) is 17.1 Å². The molecule has 0 saturated heterocycles. The highest BCUT2D eigenvalue weighted by Crippen LogP contribution is 2.37. The fourth-order valence-electron chi connectivity index (χ4n) is 4.24. The van der Waals surface area contributed by atoms with Crippen LogP contribution < -0.4 is 11.1 Å². The Morgan fingerprint density at radius 1 is 1.03 bits per heavy atom. The molecule has 35 heavy (non-hydrogen) atoms. The first-order chi connectivity index (χ1) is 16.3. The van der Waals surface area contributed by atoms with Gasteiger partial charge in [-0.05, 0) is 24.0 Å². The van der Waals surface area contributed by atoms with Crippen molar-refractivity contribution < 1.29 is 22.7 Å². The van der Waals surface area contributed by atoms with E-state index in [-0.39, 0.29) is 22.1 Å². The number of hydrogen-bond donors (Lipinski definition) is 1. The molecule has 0 unspecified atom stereocenters. The molecule has 0 saturated carbocycles. The lowest BCUT2D eigenvalue weighted by molar-refractivity contribution is -0.144. The number of aromatic nitrogens is 4. The van der Waals surface area contributed by atoms with Crippen LogP contribution in [-0.2, 0) is 6.18 Å². The summed E-state index contributed by atoms with van der Waals surface area (Å²) in [5, 5.41) is 9.94. The Labute approximate surface area is 196 Å². The number of alkyl halides is 3. The van der Waals surface area contributed by atoms with Gasteiger partial charge in [0.1, 0.15) is 35.2 Å². The van der Waals surface area contributed by atoms with Gasteiger partial charge in [0, 0.05) is 11.5 Å². The fourth-order valence-corrected chi connectivity index (χ4v) is 4.24. The number of hydrogen-bond acceptors (Lipinski definition) is 5. The molecule has 184 valence electrons. The SMILES string of the molecule is CC(C)c1ncnc(C(C)C)c1-n1c(=O)cc(O)c2cc(C(F)(F)F)n([C@H]3C=CC=C3F)c(=O)c21. The van der Waals surface area contributed by atoms with Crippen molar-refractivity contribution in [1.82, 2.24) is 19.1 Å². The smallest absolute Gasteiger partial charge is 0.431 e. The van der Waals surface area contributed by atoms with Crippen LogP contribution in [0, 0.1) is 0 Å². The van der Waals surface area contributed by atoms with E-state index in [0.29, 0.717) is 17.5 Å². The molecule has 1 aliphatic rings. The van der Waals surface area contributed by atoms with Crippen LogP contribution in [0.2, 0.25) is 0 Å².